The smallest absolute Gasteiger partial charge is 0.347 e. The van der Waals surface area contributed by atoms with Crippen molar-refractivity contribution in [3.8, 4) is 5.75 Å². The lowest BCUT2D eigenvalue weighted by Gasteiger charge is -2.03. The summed E-state index contributed by atoms with van der Waals surface area (Å²) in [5, 5.41) is 1.72. The van der Waals surface area contributed by atoms with Crippen molar-refractivity contribution in [2.24, 2.45) is 14.1 Å². The van der Waals surface area contributed by atoms with Gasteiger partial charge in [-0.15, -0.1) is 0 Å². The van der Waals surface area contributed by atoms with Gasteiger partial charge in [0, 0.05) is 59.4 Å². The lowest BCUT2D eigenvalue weighted by molar-refractivity contribution is -0.149. The molecule has 0 unspecified atom stereocenters. The lowest BCUT2D eigenvalue weighted by atomic mass is 9.95. The van der Waals surface area contributed by atoms with Gasteiger partial charge >= 0.3 is 11.9 Å². The van der Waals surface area contributed by atoms with Crippen LogP contribution in [0.15, 0.2) is 54.9 Å². The van der Waals surface area contributed by atoms with Gasteiger partial charge in [0.25, 0.3) is 0 Å². The largest absolute Gasteiger partial charge is 0.497 e. The Morgan fingerprint density at radius 1 is 0.793 bits per heavy atom. The third-order valence-electron chi connectivity index (χ3n) is 5.48. The Hall–Kier alpha value is -3.80. The molecular weight excluding hydrogens is 368 g/mol. The molecule has 2 aromatic heterocycles. The topological polar surface area (TPSA) is 62.5 Å². The summed E-state index contributed by atoms with van der Waals surface area (Å²) in [5.74, 6) is -0.579. The molecule has 0 fully saturated rings. The zero-order chi connectivity index (χ0) is 20.3. The van der Waals surface area contributed by atoms with E-state index in [0.29, 0.717) is 22.4 Å². The molecule has 0 bridgehead atoms. The van der Waals surface area contributed by atoms with Gasteiger partial charge in [0.1, 0.15) is 5.75 Å². The van der Waals surface area contributed by atoms with Gasteiger partial charge in [0.15, 0.2) is 0 Å². The minimum Gasteiger partial charge on any atom is -0.497 e. The third kappa shape index (κ3) is 2.42. The van der Waals surface area contributed by atoms with Crippen molar-refractivity contribution in [1.29, 1.82) is 0 Å². The molecule has 0 spiro atoms. The molecule has 0 amide bonds. The number of fused-ring (bicyclic) bond motifs is 2. The molecule has 29 heavy (non-hydrogen) atoms. The van der Waals surface area contributed by atoms with E-state index in [1.165, 1.54) is 0 Å². The second-order valence-electron chi connectivity index (χ2n) is 7.13. The second-order valence-corrected chi connectivity index (χ2v) is 7.13. The summed E-state index contributed by atoms with van der Waals surface area (Å²) in [6, 6.07) is 13.4. The van der Waals surface area contributed by atoms with Crippen molar-refractivity contribution < 1.29 is 19.1 Å². The zero-order valence-electron chi connectivity index (χ0n) is 16.2. The molecule has 4 aromatic rings. The summed E-state index contributed by atoms with van der Waals surface area (Å²) in [5.41, 5.74) is 3.82. The Kier molecular flexibility index (Phi) is 3.64. The van der Waals surface area contributed by atoms with Crippen molar-refractivity contribution in [3.05, 3.63) is 66.0 Å². The number of benzene rings is 2. The van der Waals surface area contributed by atoms with E-state index < -0.39 is 11.9 Å². The molecule has 0 N–H and O–H groups in total. The van der Waals surface area contributed by atoms with Gasteiger partial charge in [0.05, 0.1) is 18.3 Å². The van der Waals surface area contributed by atoms with Crippen LogP contribution < -0.4 is 4.74 Å². The van der Waals surface area contributed by atoms with Gasteiger partial charge in [-0.05, 0) is 24.3 Å². The SMILES string of the molecule is COc1ccc2c(c1)c(C1=C(c3cn(C)c4ccccc34)C(=O)OC1=O)cn2C. The van der Waals surface area contributed by atoms with Crippen LogP contribution >= 0.6 is 0 Å². The molecule has 2 aromatic carbocycles. The fourth-order valence-corrected chi connectivity index (χ4v) is 4.12. The van der Waals surface area contributed by atoms with Gasteiger partial charge in [-0.25, -0.2) is 9.59 Å². The first-order valence-electron chi connectivity index (χ1n) is 9.18. The normalized spacial score (nSPS) is 14.3. The van der Waals surface area contributed by atoms with Gasteiger partial charge < -0.3 is 18.6 Å². The zero-order valence-corrected chi connectivity index (χ0v) is 16.2. The number of aryl methyl sites for hydroxylation is 2. The van der Waals surface area contributed by atoms with Crippen molar-refractivity contribution in [2.45, 2.75) is 0 Å². The fraction of sp³-hybridized carbons (Fsp3) is 0.130. The van der Waals surface area contributed by atoms with Crippen molar-refractivity contribution in [3.63, 3.8) is 0 Å². The number of methoxy groups -OCH3 is 1. The Balaban J connectivity index is 1.86. The molecule has 6 heteroatoms. The molecule has 6 nitrogen and oxygen atoms in total. The first-order valence-corrected chi connectivity index (χ1v) is 9.18. The van der Waals surface area contributed by atoms with Crippen LogP contribution in [0.1, 0.15) is 11.1 Å². The molecule has 0 atom stereocenters. The Labute approximate surface area is 166 Å². The van der Waals surface area contributed by atoms with E-state index in [-0.39, 0.29) is 5.57 Å². The minimum absolute atomic E-state index is 0.283. The Morgan fingerprint density at radius 3 is 2.03 bits per heavy atom. The van der Waals surface area contributed by atoms with Crippen LogP contribution in [0, 0.1) is 0 Å². The number of cyclic esters (lactones) is 2. The number of aromatic nitrogens is 2. The lowest BCUT2D eigenvalue weighted by Crippen LogP contribution is -2.01. The maximum atomic E-state index is 12.8. The van der Waals surface area contributed by atoms with Gasteiger partial charge in [-0.3, -0.25) is 0 Å². The third-order valence-corrected chi connectivity index (χ3v) is 5.48. The highest BCUT2D eigenvalue weighted by Crippen LogP contribution is 2.40. The average Bonchev–Trinajstić information content (AvgIpc) is 3.32. The van der Waals surface area contributed by atoms with Crippen LogP contribution in [0.25, 0.3) is 33.0 Å². The molecule has 0 saturated carbocycles. The van der Waals surface area contributed by atoms with Gasteiger partial charge in [0.2, 0.25) is 0 Å². The minimum atomic E-state index is -0.631. The van der Waals surface area contributed by atoms with Crippen molar-refractivity contribution in [2.75, 3.05) is 7.11 Å². The van der Waals surface area contributed by atoms with Crippen LogP contribution in [0.5, 0.6) is 5.75 Å². The van der Waals surface area contributed by atoms with Crippen molar-refractivity contribution in [1.82, 2.24) is 9.13 Å². The van der Waals surface area contributed by atoms with Crippen LogP contribution in [0.2, 0.25) is 0 Å². The maximum absolute atomic E-state index is 12.8. The van der Waals surface area contributed by atoms with Crippen LogP contribution in [0.3, 0.4) is 0 Å². The number of para-hydroxylation sites is 1. The summed E-state index contributed by atoms with van der Waals surface area (Å²) in [7, 11) is 5.41. The summed E-state index contributed by atoms with van der Waals surface area (Å²) in [4.78, 5) is 25.5. The number of carbonyl (C=O) groups excluding carboxylic acids is 2. The number of carbonyl (C=O) groups is 2. The molecular formula is C23H18N2O4. The molecule has 144 valence electrons. The summed E-state index contributed by atoms with van der Waals surface area (Å²) < 4.78 is 14.3. The number of hydrogen-bond donors (Lipinski definition) is 0. The van der Waals surface area contributed by atoms with Crippen LogP contribution in [0.4, 0.5) is 0 Å². The predicted molar refractivity (Wildman–Crippen MR) is 110 cm³/mol. The molecule has 0 saturated heterocycles. The average molecular weight is 386 g/mol. The highest BCUT2D eigenvalue weighted by molar-refractivity contribution is 6.46. The molecule has 3 heterocycles. The van der Waals surface area contributed by atoms with E-state index in [1.54, 1.807) is 7.11 Å². The molecule has 1 aliphatic rings. The number of hydrogen-bond acceptors (Lipinski definition) is 4. The number of ether oxygens (including phenoxy) is 2. The maximum Gasteiger partial charge on any atom is 0.347 e. The monoisotopic (exact) mass is 386 g/mol. The van der Waals surface area contributed by atoms with E-state index in [9.17, 15) is 9.59 Å². The molecule has 0 radical (unpaired) electrons. The van der Waals surface area contributed by atoms with Crippen LogP contribution in [-0.2, 0) is 28.4 Å². The molecule has 5 rings (SSSR count). The quantitative estimate of drug-likeness (QED) is 0.398. The first kappa shape index (κ1) is 17.3. The van der Waals surface area contributed by atoms with Gasteiger partial charge in [-0.1, -0.05) is 18.2 Å². The number of rotatable bonds is 3. The van der Waals surface area contributed by atoms with E-state index >= 15 is 0 Å². The first-order chi connectivity index (χ1) is 14.0. The predicted octanol–water partition coefficient (Wildman–Crippen LogP) is 3.67. The standard InChI is InChI=1S/C23H18N2O4/c1-24-11-16(14-6-4-5-7-18(14)24)20-21(23(27)29-22(20)26)17-12-25(2)19-9-8-13(28-3)10-15(17)19/h4-12H,1-3H3. The number of esters is 2. The molecule has 0 aliphatic carbocycles. The van der Waals surface area contributed by atoms with Gasteiger partial charge in [-0.2, -0.15) is 0 Å². The summed E-state index contributed by atoms with van der Waals surface area (Å²) in [6.07, 6.45) is 3.72. The van der Waals surface area contributed by atoms with Crippen LogP contribution in [-0.4, -0.2) is 28.2 Å². The van der Waals surface area contributed by atoms with E-state index in [2.05, 4.69) is 0 Å². The fourth-order valence-electron chi connectivity index (χ4n) is 4.12. The Bertz CT molecular complexity index is 1370. The van der Waals surface area contributed by atoms with E-state index in [1.807, 2.05) is 78.1 Å². The number of nitrogens with zero attached hydrogens (tertiary/aromatic N) is 2. The summed E-state index contributed by atoms with van der Waals surface area (Å²) in [6.45, 7) is 0. The molecule has 1 aliphatic heterocycles. The highest BCUT2D eigenvalue weighted by atomic mass is 16.6. The van der Waals surface area contributed by atoms with E-state index in [4.69, 9.17) is 9.47 Å². The Morgan fingerprint density at radius 2 is 1.38 bits per heavy atom. The van der Waals surface area contributed by atoms with E-state index in [0.717, 1.165) is 21.8 Å². The second kappa shape index (κ2) is 6.10. The summed E-state index contributed by atoms with van der Waals surface area (Å²) >= 11 is 0. The highest BCUT2D eigenvalue weighted by Gasteiger charge is 2.37. The van der Waals surface area contributed by atoms with Crippen molar-refractivity contribution >= 4 is 44.9 Å².